The predicted molar refractivity (Wildman–Crippen MR) is 237 cm³/mol. The molecule has 1 aromatic heterocycles. The first-order chi connectivity index (χ1) is 28.3. The van der Waals surface area contributed by atoms with Crippen molar-refractivity contribution < 1.29 is 4.42 Å². The number of furan rings is 1. The highest BCUT2D eigenvalue weighted by molar-refractivity contribution is 6.09. The van der Waals surface area contributed by atoms with Gasteiger partial charge in [0.1, 0.15) is 11.2 Å². The first-order valence-corrected chi connectivity index (χ1v) is 19.6. The number of anilines is 3. The Bertz CT molecular complexity index is 3060. The van der Waals surface area contributed by atoms with Crippen LogP contribution in [0.3, 0.4) is 0 Å². The molecule has 0 aliphatic heterocycles. The molecule has 9 aromatic carbocycles. The van der Waals surface area contributed by atoms with E-state index in [1.807, 2.05) is 12.1 Å². The molecule has 0 radical (unpaired) electrons. The molecule has 2 nitrogen and oxygen atoms in total. The van der Waals surface area contributed by atoms with Gasteiger partial charge in [0.25, 0.3) is 0 Å². The minimum atomic E-state index is -0.576. The maximum atomic E-state index is 6.44. The van der Waals surface area contributed by atoms with Crippen molar-refractivity contribution in [1.29, 1.82) is 0 Å². The van der Waals surface area contributed by atoms with Crippen LogP contribution in [-0.4, -0.2) is 0 Å². The molecular formula is C55H37NO. The largest absolute Gasteiger partial charge is 0.455 e. The molecule has 1 unspecified atom stereocenters. The van der Waals surface area contributed by atoms with Crippen molar-refractivity contribution in [2.24, 2.45) is 0 Å². The summed E-state index contributed by atoms with van der Waals surface area (Å²) < 4.78 is 6.44. The fourth-order valence-corrected chi connectivity index (χ4v) is 9.32. The Morgan fingerprint density at radius 2 is 0.860 bits per heavy atom. The molecule has 11 rings (SSSR count). The Balaban J connectivity index is 1.12. The van der Waals surface area contributed by atoms with E-state index in [-0.39, 0.29) is 0 Å². The number of hydrogen-bond donors (Lipinski definition) is 0. The van der Waals surface area contributed by atoms with Crippen molar-refractivity contribution in [3.63, 3.8) is 0 Å². The van der Waals surface area contributed by atoms with Gasteiger partial charge >= 0.3 is 0 Å². The molecule has 10 aromatic rings. The van der Waals surface area contributed by atoms with E-state index in [0.717, 1.165) is 50.1 Å². The average molecular weight is 728 g/mol. The molecule has 0 bridgehead atoms. The monoisotopic (exact) mass is 727 g/mol. The van der Waals surface area contributed by atoms with Gasteiger partial charge < -0.3 is 9.32 Å². The third-order valence-corrected chi connectivity index (χ3v) is 11.8. The highest BCUT2D eigenvalue weighted by Crippen LogP contribution is 2.58. The minimum Gasteiger partial charge on any atom is -0.455 e. The van der Waals surface area contributed by atoms with E-state index in [4.69, 9.17) is 4.42 Å². The molecule has 0 amide bonds. The van der Waals surface area contributed by atoms with Crippen LogP contribution in [0.4, 0.5) is 17.1 Å². The third-order valence-electron chi connectivity index (χ3n) is 11.8. The van der Waals surface area contributed by atoms with Crippen molar-refractivity contribution in [3.05, 3.63) is 247 Å². The predicted octanol–water partition coefficient (Wildman–Crippen LogP) is 14.8. The number of fused-ring (bicyclic) bond motifs is 6. The van der Waals surface area contributed by atoms with E-state index < -0.39 is 5.41 Å². The summed E-state index contributed by atoms with van der Waals surface area (Å²) in [4.78, 5) is 2.38. The van der Waals surface area contributed by atoms with Crippen molar-refractivity contribution >= 4 is 39.0 Å². The summed E-state index contributed by atoms with van der Waals surface area (Å²) in [6.07, 6.45) is 0. The number of hydrogen-bond acceptors (Lipinski definition) is 2. The molecule has 1 aliphatic carbocycles. The molecule has 1 heterocycles. The number of para-hydroxylation sites is 3. The lowest BCUT2D eigenvalue weighted by atomic mass is 9.66. The normalized spacial score (nSPS) is 14.4. The Labute approximate surface area is 332 Å². The van der Waals surface area contributed by atoms with Crippen LogP contribution in [-0.2, 0) is 5.41 Å². The highest BCUT2D eigenvalue weighted by atomic mass is 16.3. The fourth-order valence-electron chi connectivity index (χ4n) is 9.32. The van der Waals surface area contributed by atoms with Crippen LogP contribution in [0.5, 0.6) is 0 Å². The van der Waals surface area contributed by atoms with Crippen LogP contribution >= 0.6 is 0 Å². The second kappa shape index (κ2) is 13.4. The second-order valence-electron chi connectivity index (χ2n) is 14.8. The summed E-state index contributed by atoms with van der Waals surface area (Å²) in [6, 6.07) is 81.3. The van der Waals surface area contributed by atoms with E-state index in [1.54, 1.807) is 0 Å². The highest BCUT2D eigenvalue weighted by Gasteiger charge is 2.47. The molecule has 0 saturated heterocycles. The molecule has 57 heavy (non-hydrogen) atoms. The van der Waals surface area contributed by atoms with Crippen LogP contribution in [0.2, 0.25) is 0 Å². The first kappa shape index (κ1) is 33.0. The maximum absolute atomic E-state index is 6.44. The van der Waals surface area contributed by atoms with Crippen molar-refractivity contribution in [3.8, 4) is 33.4 Å². The van der Waals surface area contributed by atoms with Crippen molar-refractivity contribution in [1.82, 2.24) is 0 Å². The molecular weight excluding hydrogens is 691 g/mol. The van der Waals surface area contributed by atoms with Gasteiger partial charge in [0.2, 0.25) is 0 Å². The minimum absolute atomic E-state index is 0.576. The Kier molecular flexibility index (Phi) is 7.75. The van der Waals surface area contributed by atoms with E-state index in [1.165, 1.54) is 44.5 Å². The van der Waals surface area contributed by atoms with Crippen molar-refractivity contribution in [2.45, 2.75) is 5.41 Å². The fraction of sp³-hybridized carbons (Fsp3) is 0.0182. The van der Waals surface area contributed by atoms with Crippen LogP contribution in [0.15, 0.2) is 229 Å². The van der Waals surface area contributed by atoms with Gasteiger partial charge in [0.05, 0.1) is 5.41 Å². The van der Waals surface area contributed by atoms with Gasteiger partial charge in [-0.2, -0.15) is 0 Å². The summed E-state index contributed by atoms with van der Waals surface area (Å²) in [6.45, 7) is 0. The van der Waals surface area contributed by atoms with E-state index in [9.17, 15) is 0 Å². The topological polar surface area (TPSA) is 16.4 Å². The molecule has 0 fully saturated rings. The van der Waals surface area contributed by atoms with Gasteiger partial charge in [-0.25, -0.2) is 0 Å². The SMILES string of the molecule is c1ccc(-c2ccccc2C2(c3ccccc3)c3ccccc3-c3ccc(N(c4ccccc4)c4ccc(-c5cccc6c5oc5ccccc56)cc4)cc32)cc1. The van der Waals surface area contributed by atoms with Gasteiger partial charge in [-0.05, 0) is 92.5 Å². The van der Waals surface area contributed by atoms with Gasteiger partial charge in [-0.3, -0.25) is 0 Å². The summed E-state index contributed by atoms with van der Waals surface area (Å²) in [7, 11) is 0. The molecule has 0 saturated carbocycles. The molecule has 1 aliphatic rings. The molecule has 1 atom stereocenters. The third kappa shape index (κ3) is 5.18. The van der Waals surface area contributed by atoms with Crippen molar-refractivity contribution in [2.75, 3.05) is 4.90 Å². The summed E-state index contributed by atoms with van der Waals surface area (Å²) in [5.41, 5.74) is 16.7. The van der Waals surface area contributed by atoms with Crippen LogP contribution in [0.25, 0.3) is 55.3 Å². The summed E-state index contributed by atoms with van der Waals surface area (Å²) >= 11 is 0. The zero-order valence-electron chi connectivity index (χ0n) is 31.2. The number of benzene rings is 9. The smallest absolute Gasteiger partial charge is 0.143 e. The van der Waals surface area contributed by atoms with Gasteiger partial charge in [0, 0.05) is 33.4 Å². The van der Waals surface area contributed by atoms with Crippen LogP contribution in [0, 0.1) is 0 Å². The second-order valence-corrected chi connectivity index (χ2v) is 14.8. The lowest BCUT2D eigenvalue weighted by molar-refractivity contribution is 0.670. The quantitative estimate of drug-likeness (QED) is 0.163. The zero-order valence-corrected chi connectivity index (χ0v) is 31.2. The molecule has 0 N–H and O–H groups in total. The Hall–Kier alpha value is -7.42. The Morgan fingerprint density at radius 3 is 1.63 bits per heavy atom. The first-order valence-electron chi connectivity index (χ1n) is 19.6. The van der Waals surface area contributed by atoms with E-state index in [2.05, 4.69) is 217 Å². The lowest BCUT2D eigenvalue weighted by Crippen LogP contribution is -2.29. The van der Waals surface area contributed by atoms with Crippen LogP contribution in [0.1, 0.15) is 22.3 Å². The van der Waals surface area contributed by atoms with E-state index in [0.29, 0.717) is 0 Å². The maximum Gasteiger partial charge on any atom is 0.143 e. The van der Waals surface area contributed by atoms with E-state index >= 15 is 0 Å². The van der Waals surface area contributed by atoms with Gasteiger partial charge in [-0.1, -0.05) is 182 Å². The Morgan fingerprint density at radius 1 is 0.333 bits per heavy atom. The molecule has 0 spiro atoms. The molecule has 2 heteroatoms. The standard InChI is InChI=1S/C55H37NO/c1-4-17-38(18-5-1)44-23-10-13-28-50(44)55(40-19-6-2-7-20-40)51-29-14-11-24-46(51)47-36-35-43(37-52(47)55)56(41-21-8-3-9-22-41)42-33-31-39(32-34-42)45-26-16-27-49-48-25-12-15-30-53(48)57-54(45)49/h1-37H. The van der Waals surface area contributed by atoms with Crippen LogP contribution < -0.4 is 4.90 Å². The van der Waals surface area contributed by atoms with Gasteiger partial charge in [0.15, 0.2) is 0 Å². The lowest BCUT2D eigenvalue weighted by Gasteiger charge is -2.36. The summed E-state index contributed by atoms with van der Waals surface area (Å²) in [5, 5.41) is 2.27. The average Bonchev–Trinajstić information content (AvgIpc) is 3.82. The number of nitrogens with zero attached hydrogens (tertiary/aromatic N) is 1. The van der Waals surface area contributed by atoms with Gasteiger partial charge in [-0.15, -0.1) is 0 Å². The zero-order chi connectivity index (χ0) is 37.8. The molecule has 268 valence electrons. The summed E-state index contributed by atoms with van der Waals surface area (Å²) in [5.74, 6) is 0. The number of rotatable bonds is 7.